The average Bonchev–Trinajstić information content (AvgIpc) is 3.02. The van der Waals surface area contributed by atoms with Crippen LogP contribution < -0.4 is 10.1 Å². The fourth-order valence-electron chi connectivity index (χ4n) is 3.96. The van der Waals surface area contributed by atoms with Crippen molar-refractivity contribution in [1.82, 2.24) is 9.80 Å². The number of nitrogens with zero attached hydrogens (tertiary/aromatic N) is 2. The highest BCUT2D eigenvalue weighted by Gasteiger charge is 2.32. The lowest BCUT2D eigenvalue weighted by atomic mass is 10.1. The van der Waals surface area contributed by atoms with E-state index in [0.717, 1.165) is 39.0 Å². The van der Waals surface area contributed by atoms with E-state index in [4.69, 9.17) is 9.47 Å². The third kappa shape index (κ3) is 4.44. The summed E-state index contributed by atoms with van der Waals surface area (Å²) >= 11 is 0. The number of para-hydroxylation sites is 2. The monoisotopic (exact) mass is 347 g/mol. The maximum atomic E-state index is 12.8. The van der Waals surface area contributed by atoms with Crippen molar-refractivity contribution in [2.75, 3.05) is 38.6 Å². The van der Waals surface area contributed by atoms with Gasteiger partial charge in [0.15, 0.2) is 0 Å². The zero-order chi connectivity index (χ0) is 17.8. The Morgan fingerprint density at radius 3 is 2.72 bits per heavy atom. The first-order valence-corrected chi connectivity index (χ1v) is 9.15. The summed E-state index contributed by atoms with van der Waals surface area (Å²) in [5.74, 6) is 0.683. The van der Waals surface area contributed by atoms with E-state index in [1.165, 1.54) is 0 Å². The van der Waals surface area contributed by atoms with Gasteiger partial charge in [-0.25, -0.2) is 4.79 Å². The van der Waals surface area contributed by atoms with Crippen molar-refractivity contribution < 1.29 is 14.3 Å². The van der Waals surface area contributed by atoms with Crippen LogP contribution in [0.15, 0.2) is 24.3 Å². The normalized spacial score (nSPS) is 27.3. The van der Waals surface area contributed by atoms with Crippen LogP contribution in [-0.4, -0.2) is 67.4 Å². The van der Waals surface area contributed by atoms with Gasteiger partial charge in [0.25, 0.3) is 0 Å². The van der Waals surface area contributed by atoms with Gasteiger partial charge in [-0.1, -0.05) is 12.1 Å². The molecule has 0 bridgehead atoms. The Labute approximate surface area is 150 Å². The van der Waals surface area contributed by atoms with E-state index in [-0.39, 0.29) is 24.3 Å². The predicted octanol–water partition coefficient (Wildman–Crippen LogP) is 2.80. The van der Waals surface area contributed by atoms with E-state index in [1.807, 2.05) is 29.2 Å². The first-order valence-electron chi connectivity index (χ1n) is 9.15. The van der Waals surface area contributed by atoms with Gasteiger partial charge in [0, 0.05) is 32.2 Å². The third-order valence-corrected chi connectivity index (χ3v) is 4.95. The number of hydrogen-bond acceptors (Lipinski definition) is 4. The van der Waals surface area contributed by atoms with E-state index < -0.39 is 0 Å². The zero-order valence-electron chi connectivity index (χ0n) is 15.4. The molecule has 2 amide bonds. The van der Waals surface area contributed by atoms with E-state index >= 15 is 0 Å². The minimum Gasteiger partial charge on any atom is -0.495 e. The molecule has 0 radical (unpaired) electrons. The van der Waals surface area contributed by atoms with Crippen molar-refractivity contribution in [3.8, 4) is 5.75 Å². The number of carbonyl (C=O) groups excluding carboxylic acids is 1. The second kappa shape index (κ2) is 8.06. The molecule has 0 aliphatic carbocycles. The summed E-state index contributed by atoms with van der Waals surface area (Å²) in [6.45, 7) is 7.82. The van der Waals surface area contributed by atoms with Crippen molar-refractivity contribution in [1.29, 1.82) is 0 Å². The molecule has 3 atom stereocenters. The largest absolute Gasteiger partial charge is 0.495 e. The molecule has 2 fully saturated rings. The number of anilines is 1. The number of amides is 2. The van der Waals surface area contributed by atoms with Gasteiger partial charge in [0.2, 0.25) is 0 Å². The number of ether oxygens (including phenoxy) is 2. The Hall–Kier alpha value is -1.79. The summed E-state index contributed by atoms with van der Waals surface area (Å²) in [4.78, 5) is 17.2. The number of hydrogen-bond donors (Lipinski definition) is 1. The topological polar surface area (TPSA) is 54.0 Å². The Morgan fingerprint density at radius 1 is 1.28 bits per heavy atom. The number of nitrogens with one attached hydrogen (secondary N) is 1. The molecule has 1 N–H and O–H groups in total. The Balaban J connectivity index is 1.61. The third-order valence-electron chi connectivity index (χ3n) is 4.95. The summed E-state index contributed by atoms with van der Waals surface area (Å²) in [5.41, 5.74) is 0.717. The number of rotatable bonds is 4. The molecule has 0 saturated carbocycles. The van der Waals surface area contributed by atoms with Crippen LogP contribution in [-0.2, 0) is 4.74 Å². The second-order valence-corrected chi connectivity index (χ2v) is 7.10. The van der Waals surface area contributed by atoms with Gasteiger partial charge in [0.05, 0.1) is 25.0 Å². The van der Waals surface area contributed by atoms with Gasteiger partial charge in [-0.05, 0) is 38.8 Å². The fourth-order valence-corrected chi connectivity index (χ4v) is 3.96. The molecule has 2 saturated heterocycles. The predicted molar refractivity (Wildman–Crippen MR) is 98.2 cm³/mol. The molecular weight excluding hydrogens is 318 g/mol. The molecule has 3 rings (SSSR count). The maximum Gasteiger partial charge on any atom is 0.322 e. The molecule has 1 aromatic rings. The molecule has 138 valence electrons. The maximum absolute atomic E-state index is 12.8. The van der Waals surface area contributed by atoms with E-state index in [0.29, 0.717) is 11.4 Å². The molecule has 25 heavy (non-hydrogen) atoms. The van der Waals surface area contributed by atoms with Crippen LogP contribution in [0, 0.1) is 0 Å². The summed E-state index contributed by atoms with van der Waals surface area (Å²) in [6, 6.07) is 7.73. The Kier molecular flexibility index (Phi) is 5.81. The average molecular weight is 347 g/mol. The smallest absolute Gasteiger partial charge is 0.322 e. The van der Waals surface area contributed by atoms with Gasteiger partial charge < -0.3 is 19.7 Å². The molecule has 2 aliphatic rings. The number of carbonyl (C=O) groups is 1. The van der Waals surface area contributed by atoms with Gasteiger partial charge in [-0.2, -0.15) is 0 Å². The molecular formula is C19H29N3O3. The minimum atomic E-state index is -0.0404. The first kappa shape index (κ1) is 18.0. The number of benzene rings is 1. The highest BCUT2D eigenvalue weighted by Crippen LogP contribution is 2.26. The van der Waals surface area contributed by atoms with Gasteiger partial charge in [0.1, 0.15) is 5.75 Å². The lowest BCUT2D eigenvalue weighted by Crippen LogP contribution is -2.51. The summed E-state index contributed by atoms with van der Waals surface area (Å²) in [5, 5.41) is 3.01. The van der Waals surface area contributed by atoms with Crippen LogP contribution in [0.3, 0.4) is 0 Å². The van der Waals surface area contributed by atoms with Crippen molar-refractivity contribution in [2.45, 2.75) is 44.9 Å². The SMILES string of the molecule is COc1ccccc1NC(=O)N1CCC[C@@H]1CN1C[C@H](C)O[C@@H](C)C1. The van der Waals surface area contributed by atoms with Crippen LogP contribution in [0.2, 0.25) is 0 Å². The summed E-state index contributed by atoms with van der Waals surface area (Å²) in [7, 11) is 1.62. The van der Waals surface area contributed by atoms with Crippen molar-refractivity contribution in [2.24, 2.45) is 0 Å². The Morgan fingerprint density at radius 2 is 2.00 bits per heavy atom. The quantitative estimate of drug-likeness (QED) is 0.910. The van der Waals surface area contributed by atoms with Crippen LogP contribution in [0.4, 0.5) is 10.5 Å². The molecule has 2 aliphatic heterocycles. The van der Waals surface area contributed by atoms with Crippen LogP contribution in [0.5, 0.6) is 5.75 Å². The summed E-state index contributed by atoms with van der Waals surface area (Å²) < 4.78 is 11.1. The minimum absolute atomic E-state index is 0.0404. The van der Waals surface area contributed by atoms with E-state index in [2.05, 4.69) is 24.1 Å². The molecule has 6 nitrogen and oxygen atoms in total. The molecule has 1 aromatic carbocycles. The first-order chi connectivity index (χ1) is 12.1. The lowest BCUT2D eigenvalue weighted by Gasteiger charge is -2.38. The van der Waals surface area contributed by atoms with E-state index in [9.17, 15) is 4.79 Å². The van der Waals surface area contributed by atoms with Gasteiger partial charge >= 0.3 is 6.03 Å². The fraction of sp³-hybridized carbons (Fsp3) is 0.632. The number of morpholine rings is 1. The number of likely N-dealkylation sites (tertiary alicyclic amines) is 1. The van der Waals surface area contributed by atoms with Gasteiger partial charge in [-0.3, -0.25) is 4.90 Å². The number of methoxy groups -OCH3 is 1. The summed E-state index contributed by atoms with van der Waals surface area (Å²) in [6.07, 6.45) is 2.61. The van der Waals surface area contributed by atoms with Crippen LogP contribution in [0.1, 0.15) is 26.7 Å². The van der Waals surface area contributed by atoms with E-state index in [1.54, 1.807) is 7.11 Å². The second-order valence-electron chi connectivity index (χ2n) is 7.10. The zero-order valence-corrected chi connectivity index (χ0v) is 15.4. The van der Waals surface area contributed by atoms with Crippen molar-refractivity contribution in [3.63, 3.8) is 0 Å². The van der Waals surface area contributed by atoms with Gasteiger partial charge in [-0.15, -0.1) is 0 Å². The Bertz CT molecular complexity index is 585. The van der Waals surface area contributed by atoms with Crippen LogP contribution in [0.25, 0.3) is 0 Å². The lowest BCUT2D eigenvalue weighted by molar-refractivity contribution is -0.0712. The standard InChI is InChI=1S/C19H29N3O3/c1-14-11-21(12-15(2)25-14)13-16-7-6-10-22(16)19(23)20-17-8-4-5-9-18(17)24-3/h4-5,8-9,14-16H,6-7,10-13H2,1-3H3,(H,20,23)/t14-,15-,16+/m0/s1. The molecule has 0 aromatic heterocycles. The van der Waals surface area contributed by atoms with Crippen molar-refractivity contribution >= 4 is 11.7 Å². The molecule has 6 heteroatoms. The van der Waals surface area contributed by atoms with Crippen LogP contribution >= 0.6 is 0 Å². The molecule has 2 heterocycles. The molecule has 0 unspecified atom stereocenters. The molecule has 0 spiro atoms. The highest BCUT2D eigenvalue weighted by molar-refractivity contribution is 5.91. The highest BCUT2D eigenvalue weighted by atomic mass is 16.5. The number of urea groups is 1. The van der Waals surface area contributed by atoms with Crippen molar-refractivity contribution in [3.05, 3.63) is 24.3 Å².